The maximum Gasteiger partial charge on any atom is 0.415 e. The Kier molecular flexibility index (Phi) is 2.75. The van der Waals surface area contributed by atoms with Gasteiger partial charge < -0.3 is 0 Å². The Labute approximate surface area is 99.9 Å². The smallest absolute Gasteiger partial charge is 0.289 e. The van der Waals surface area contributed by atoms with Crippen LogP contribution in [0.15, 0.2) is 0 Å². The molecule has 1 heterocycles. The Morgan fingerprint density at radius 2 is 1.53 bits per heavy atom. The lowest BCUT2D eigenvalue weighted by Gasteiger charge is -2.41. The first-order valence-electron chi connectivity index (χ1n) is 4.71. The number of hydrogen-bond donors (Lipinski definition) is 1. The maximum absolute atomic E-state index is 13.2. The number of alkyl halides is 8. The van der Waals surface area contributed by atoms with Crippen LogP contribution in [0.5, 0.6) is 0 Å². The summed E-state index contributed by atoms with van der Waals surface area (Å²) in [6, 6.07) is -1.46. The zero-order valence-corrected chi connectivity index (χ0v) is 9.63. The summed E-state index contributed by atoms with van der Waals surface area (Å²) >= 11 is 2.73. The predicted octanol–water partition coefficient (Wildman–Crippen LogP) is 2.94. The van der Waals surface area contributed by atoms with Crippen LogP contribution in [0.25, 0.3) is 0 Å². The zero-order chi connectivity index (χ0) is 13.2. The number of nitrogens with one attached hydrogen (secondary N) is 1. The number of hydrogen-bond acceptors (Lipinski definition) is 1. The zero-order valence-electron chi connectivity index (χ0n) is 8.04. The van der Waals surface area contributed by atoms with Crippen molar-refractivity contribution in [2.45, 2.75) is 41.4 Å². The highest BCUT2D eigenvalue weighted by molar-refractivity contribution is 9.09. The van der Waals surface area contributed by atoms with Crippen LogP contribution in [0.4, 0.5) is 30.7 Å². The molecule has 0 aromatic rings. The molecule has 1 aliphatic heterocycles. The van der Waals surface area contributed by atoms with Gasteiger partial charge in [0.05, 0.1) is 6.04 Å². The molecule has 0 amide bonds. The fraction of sp³-hybridized carbons (Fsp3) is 1.00. The van der Waals surface area contributed by atoms with Gasteiger partial charge in [-0.1, -0.05) is 15.9 Å². The van der Waals surface area contributed by atoms with Crippen LogP contribution in [0.3, 0.4) is 0 Å². The first-order chi connectivity index (χ1) is 7.52. The minimum absolute atomic E-state index is 0.743. The molecule has 1 saturated carbocycles. The molecule has 0 aromatic heterocycles. The highest BCUT2D eigenvalue weighted by atomic mass is 79.9. The fourth-order valence-corrected chi connectivity index (χ4v) is 3.75. The van der Waals surface area contributed by atoms with Crippen molar-refractivity contribution in [2.75, 3.05) is 0 Å². The molecule has 1 aliphatic carbocycles. The van der Waals surface area contributed by atoms with E-state index in [2.05, 4.69) is 15.9 Å². The van der Waals surface area contributed by atoms with Gasteiger partial charge in [0.1, 0.15) is 6.17 Å². The molecule has 4 atom stereocenters. The summed E-state index contributed by atoms with van der Waals surface area (Å²) in [5.74, 6) is -1.87. The molecular formula is C8H7BrF7N. The Morgan fingerprint density at radius 3 is 1.76 bits per heavy atom. The lowest BCUT2D eigenvalue weighted by Crippen LogP contribution is -2.70. The first-order valence-corrected chi connectivity index (χ1v) is 5.63. The maximum atomic E-state index is 13.2. The Bertz CT molecular complexity index is 311. The SMILES string of the molecule is F[C@@H]1C[C@@H]2[C@@H](Br)[C@H]1NC2(C(F)(F)F)C(F)(F)F. The van der Waals surface area contributed by atoms with Crippen molar-refractivity contribution >= 4 is 15.9 Å². The van der Waals surface area contributed by atoms with Crippen molar-refractivity contribution in [1.82, 2.24) is 5.32 Å². The molecule has 2 aliphatic rings. The summed E-state index contributed by atoms with van der Waals surface area (Å²) in [4.78, 5) is -1.17. The Hall–Kier alpha value is -0.0500. The van der Waals surface area contributed by atoms with Gasteiger partial charge in [-0.2, -0.15) is 26.3 Å². The molecule has 1 nitrogen and oxygen atoms in total. The Balaban J connectivity index is 2.48. The Morgan fingerprint density at radius 1 is 1.06 bits per heavy atom. The third kappa shape index (κ3) is 1.54. The van der Waals surface area contributed by atoms with Gasteiger partial charge in [0, 0.05) is 10.7 Å². The van der Waals surface area contributed by atoms with Crippen LogP contribution in [-0.4, -0.2) is 34.9 Å². The van der Waals surface area contributed by atoms with E-state index in [1.807, 2.05) is 0 Å². The lowest BCUT2D eigenvalue weighted by molar-refractivity contribution is -0.319. The molecular weight excluding hydrogens is 323 g/mol. The van der Waals surface area contributed by atoms with Gasteiger partial charge in [-0.25, -0.2) is 4.39 Å². The van der Waals surface area contributed by atoms with Crippen molar-refractivity contribution in [3.8, 4) is 0 Å². The molecule has 1 N–H and O–H groups in total. The van der Waals surface area contributed by atoms with Gasteiger partial charge >= 0.3 is 12.4 Å². The third-order valence-corrected chi connectivity index (χ3v) is 4.65. The first kappa shape index (κ1) is 13.4. The van der Waals surface area contributed by atoms with Crippen LogP contribution < -0.4 is 5.32 Å². The van der Waals surface area contributed by atoms with Crippen molar-refractivity contribution < 1.29 is 30.7 Å². The summed E-state index contributed by atoms with van der Waals surface area (Å²) in [5.41, 5.74) is -4.00. The topological polar surface area (TPSA) is 12.0 Å². The molecule has 2 fully saturated rings. The second kappa shape index (κ2) is 3.49. The standard InChI is InChI=1S/C8H7BrF7N/c9-4-2-1-3(10)5(4)17-6(2,7(11,12)13)8(14,15)16/h2-5,17H,1H2/t2-,3-,4-,5+/m1/s1. The van der Waals surface area contributed by atoms with Crippen LogP contribution >= 0.6 is 15.9 Å². The minimum atomic E-state index is -5.50. The number of piperidine rings is 1. The van der Waals surface area contributed by atoms with E-state index in [9.17, 15) is 30.7 Å². The van der Waals surface area contributed by atoms with E-state index >= 15 is 0 Å². The summed E-state index contributed by atoms with van der Waals surface area (Å²) in [7, 11) is 0. The third-order valence-electron chi connectivity index (χ3n) is 3.44. The molecule has 0 radical (unpaired) electrons. The highest BCUT2D eigenvalue weighted by Gasteiger charge is 2.81. The quantitative estimate of drug-likeness (QED) is 0.532. The van der Waals surface area contributed by atoms with Crippen LogP contribution in [-0.2, 0) is 0 Å². The molecule has 9 heteroatoms. The molecule has 1 saturated heterocycles. The van der Waals surface area contributed by atoms with Gasteiger partial charge in [0.15, 0.2) is 0 Å². The number of rotatable bonds is 0. The lowest BCUT2D eigenvalue weighted by atomic mass is 9.82. The second-order valence-corrected chi connectivity index (χ2v) is 5.33. The van der Waals surface area contributed by atoms with E-state index in [0.29, 0.717) is 0 Å². The summed E-state index contributed by atoms with van der Waals surface area (Å²) in [5, 5.41) is 1.41. The summed E-state index contributed by atoms with van der Waals surface area (Å²) < 4.78 is 89.6. The largest absolute Gasteiger partial charge is 0.415 e. The van der Waals surface area contributed by atoms with E-state index in [1.54, 1.807) is 0 Å². The molecule has 2 rings (SSSR count). The van der Waals surface area contributed by atoms with Gasteiger partial charge in [-0.3, -0.25) is 5.32 Å². The molecule has 0 unspecified atom stereocenters. The molecule has 0 aromatic carbocycles. The van der Waals surface area contributed by atoms with Crippen LogP contribution in [0.2, 0.25) is 0 Å². The van der Waals surface area contributed by atoms with Crippen molar-refractivity contribution in [1.29, 1.82) is 0 Å². The van der Waals surface area contributed by atoms with Crippen molar-refractivity contribution in [2.24, 2.45) is 5.92 Å². The van der Waals surface area contributed by atoms with E-state index < -0.39 is 47.3 Å². The highest BCUT2D eigenvalue weighted by Crippen LogP contribution is 2.59. The minimum Gasteiger partial charge on any atom is -0.289 e. The van der Waals surface area contributed by atoms with E-state index in [1.165, 1.54) is 5.32 Å². The molecule has 100 valence electrons. The van der Waals surface area contributed by atoms with Gasteiger partial charge in [-0.15, -0.1) is 0 Å². The van der Waals surface area contributed by atoms with E-state index in [-0.39, 0.29) is 0 Å². The monoisotopic (exact) mass is 329 g/mol. The van der Waals surface area contributed by atoms with Crippen molar-refractivity contribution in [3.63, 3.8) is 0 Å². The normalized spacial score (nSPS) is 40.9. The van der Waals surface area contributed by atoms with E-state index in [4.69, 9.17) is 0 Å². The predicted molar refractivity (Wildman–Crippen MR) is 47.5 cm³/mol. The summed E-state index contributed by atoms with van der Waals surface area (Å²) in [6.07, 6.45) is -13.4. The van der Waals surface area contributed by atoms with Crippen LogP contribution in [0.1, 0.15) is 6.42 Å². The average Bonchev–Trinajstić information content (AvgIpc) is 2.53. The van der Waals surface area contributed by atoms with Gasteiger partial charge in [-0.05, 0) is 6.42 Å². The number of fused-ring (bicyclic) bond motifs is 2. The van der Waals surface area contributed by atoms with Gasteiger partial charge in [0.2, 0.25) is 5.54 Å². The van der Waals surface area contributed by atoms with Crippen LogP contribution in [0, 0.1) is 5.92 Å². The fourth-order valence-electron chi connectivity index (χ4n) is 2.67. The van der Waals surface area contributed by atoms with Crippen molar-refractivity contribution in [3.05, 3.63) is 0 Å². The second-order valence-electron chi connectivity index (χ2n) is 4.28. The van der Waals surface area contributed by atoms with Gasteiger partial charge in [0.25, 0.3) is 0 Å². The molecule has 0 spiro atoms. The molecule has 17 heavy (non-hydrogen) atoms. The summed E-state index contributed by atoms with van der Waals surface area (Å²) in [6.45, 7) is 0. The van der Waals surface area contributed by atoms with E-state index in [0.717, 1.165) is 0 Å². The average molecular weight is 330 g/mol. The number of halogens is 8. The molecule has 2 bridgehead atoms.